The van der Waals surface area contributed by atoms with Crippen molar-refractivity contribution in [1.29, 1.82) is 0 Å². The minimum absolute atomic E-state index is 0.00744. The van der Waals surface area contributed by atoms with Gasteiger partial charge in [0, 0.05) is 5.56 Å². The van der Waals surface area contributed by atoms with Crippen LogP contribution in [0.4, 0.5) is 4.79 Å². The molecule has 1 fully saturated rings. The Hall–Kier alpha value is -3.00. The molecule has 2 aliphatic heterocycles. The van der Waals surface area contributed by atoms with Crippen LogP contribution in [0.15, 0.2) is 24.3 Å². The van der Waals surface area contributed by atoms with Gasteiger partial charge in [0.2, 0.25) is 5.91 Å². The van der Waals surface area contributed by atoms with Crippen molar-refractivity contribution < 1.29 is 29.0 Å². The first kappa shape index (κ1) is 24.1. The van der Waals surface area contributed by atoms with Crippen molar-refractivity contribution in [2.24, 2.45) is 0 Å². The Morgan fingerprint density at radius 1 is 1.12 bits per heavy atom. The highest BCUT2D eigenvalue weighted by molar-refractivity contribution is 8.15. The number of benzene rings is 2. The lowest BCUT2D eigenvalue weighted by molar-refractivity contribution is -0.118. The molecule has 2 N–H and O–H groups in total. The number of rotatable bonds is 7. The van der Waals surface area contributed by atoms with E-state index in [1.54, 1.807) is 6.92 Å². The number of phenols is 1. The topological polar surface area (TPSA) is 102 Å². The second-order valence-corrected chi connectivity index (χ2v) is 10.4. The summed E-state index contributed by atoms with van der Waals surface area (Å²) in [6.07, 6.45) is 2.10. The Morgan fingerprint density at radius 2 is 1.82 bits per heavy atom. The van der Waals surface area contributed by atoms with Gasteiger partial charge in [0.1, 0.15) is 22.8 Å². The van der Waals surface area contributed by atoms with Crippen molar-refractivity contribution in [3.05, 3.63) is 52.1 Å². The minimum atomic E-state index is -0.630. The predicted molar refractivity (Wildman–Crippen MR) is 130 cm³/mol. The Labute approximate surface area is 203 Å². The molecule has 2 aromatic carbocycles. The van der Waals surface area contributed by atoms with E-state index in [9.17, 15) is 19.5 Å². The number of hydrogen-bond donors (Lipinski definition) is 2. The van der Waals surface area contributed by atoms with Crippen LogP contribution < -0.4 is 14.8 Å². The number of amides is 2. The standard InChI is InChI=1S/C26H29NO6S/c1-14-15(2)23-21(16(3)22(14)29)19(28)13-26(4,33-23)10-5-11-32-18-8-6-17(7-9-18)12-20-24(30)27-25(31)34-20/h6-9,20,29H,5,10-13H2,1-4H3,(H,27,30,31). The van der Waals surface area contributed by atoms with Crippen molar-refractivity contribution >= 4 is 28.7 Å². The second-order valence-electron chi connectivity index (χ2n) is 9.26. The molecule has 0 radical (unpaired) electrons. The first-order valence-corrected chi connectivity index (χ1v) is 12.2. The number of carbonyl (C=O) groups is 3. The third-order valence-corrected chi connectivity index (χ3v) is 7.59. The van der Waals surface area contributed by atoms with Gasteiger partial charge in [-0.1, -0.05) is 23.9 Å². The van der Waals surface area contributed by atoms with Crippen LogP contribution in [0.2, 0.25) is 0 Å². The SMILES string of the molecule is Cc1c(C)c2c(c(C)c1O)C(=O)CC(C)(CCCOc1ccc(CC3SC(=O)NC3=O)cc1)O2. The zero-order valence-corrected chi connectivity index (χ0v) is 20.6. The summed E-state index contributed by atoms with van der Waals surface area (Å²) >= 11 is 1.02. The van der Waals surface area contributed by atoms with Crippen LogP contribution in [0.5, 0.6) is 17.2 Å². The van der Waals surface area contributed by atoms with Gasteiger partial charge in [0.15, 0.2) is 5.78 Å². The van der Waals surface area contributed by atoms with E-state index < -0.39 is 5.60 Å². The van der Waals surface area contributed by atoms with Gasteiger partial charge < -0.3 is 14.6 Å². The number of carbonyl (C=O) groups excluding carboxylic acids is 3. The van der Waals surface area contributed by atoms with E-state index in [0.29, 0.717) is 42.7 Å². The summed E-state index contributed by atoms with van der Waals surface area (Å²) in [6, 6.07) is 7.51. The highest BCUT2D eigenvalue weighted by atomic mass is 32.2. The summed E-state index contributed by atoms with van der Waals surface area (Å²) in [5.41, 5.74) is 2.94. The maximum atomic E-state index is 12.9. The monoisotopic (exact) mass is 483 g/mol. The fourth-order valence-corrected chi connectivity index (χ4v) is 5.38. The van der Waals surface area contributed by atoms with Gasteiger partial charge in [-0.2, -0.15) is 0 Å². The Morgan fingerprint density at radius 3 is 2.47 bits per heavy atom. The second kappa shape index (κ2) is 9.33. The molecule has 2 aliphatic rings. The predicted octanol–water partition coefficient (Wildman–Crippen LogP) is 4.79. The molecule has 2 atom stereocenters. The van der Waals surface area contributed by atoms with Crippen molar-refractivity contribution in [2.75, 3.05) is 6.61 Å². The fraction of sp³-hybridized carbons (Fsp3) is 0.423. The molecule has 2 heterocycles. The molecule has 2 unspecified atom stereocenters. The number of nitrogens with one attached hydrogen (secondary N) is 1. The number of fused-ring (bicyclic) bond motifs is 1. The van der Waals surface area contributed by atoms with Crippen LogP contribution in [0, 0.1) is 20.8 Å². The molecular formula is C26H29NO6S. The lowest BCUT2D eigenvalue weighted by Crippen LogP contribution is -2.40. The van der Waals surface area contributed by atoms with Crippen LogP contribution >= 0.6 is 11.8 Å². The van der Waals surface area contributed by atoms with E-state index in [4.69, 9.17) is 9.47 Å². The van der Waals surface area contributed by atoms with Gasteiger partial charge in [0.25, 0.3) is 5.24 Å². The number of thioether (sulfide) groups is 1. The third kappa shape index (κ3) is 4.78. The van der Waals surface area contributed by atoms with Gasteiger partial charge in [0.05, 0.1) is 23.8 Å². The molecule has 0 saturated carbocycles. The average Bonchev–Trinajstić information content (AvgIpc) is 3.11. The number of aromatic hydroxyl groups is 1. The molecule has 34 heavy (non-hydrogen) atoms. The van der Waals surface area contributed by atoms with E-state index in [1.807, 2.05) is 45.0 Å². The molecule has 7 nitrogen and oxygen atoms in total. The number of Topliss-reactive ketones (excluding diaryl/α,β-unsaturated/α-hetero) is 1. The van der Waals surface area contributed by atoms with E-state index in [-0.39, 0.29) is 34.3 Å². The maximum Gasteiger partial charge on any atom is 0.286 e. The zero-order chi connectivity index (χ0) is 24.6. The van der Waals surface area contributed by atoms with Crippen molar-refractivity contribution in [2.45, 2.75) is 64.2 Å². The minimum Gasteiger partial charge on any atom is -0.507 e. The van der Waals surface area contributed by atoms with Crippen LogP contribution in [-0.2, 0) is 11.2 Å². The number of imide groups is 1. The highest BCUT2D eigenvalue weighted by Gasteiger charge is 2.39. The van der Waals surface area contributed by atoms with Crippen molar-refractivity contribution in [3.63, 3.8) is 0 Å². The first-order chi connectivity index (χ1) is 16.1. The van der Waals surface area contributed by atoms with E-state index in [0.717, 1.165) is 34.2 Å². The highest BCUT2D eigenvalue weighted by Crippen LogP contribution is 2.44. The first-order valence-electron chi connectivity index (χ1n) is 11.4. The Kier molecular flexibility index (Phi) is 6.62. The average molecular weight is 484 g/mol. The number of ether oxygens (including phenoxy) is 2. The van der Waals surface area contributed by atoms with Gasteiger partial charge in [-0.25, -0.2) is 0 Å². The van der Waals surface area contributed by atoms with Gasteiger partial charge in [-0.15, -0.1) is 0 Å². The lowest BCUT2D eigenvalue weighted by atomic mass is 9.84. The van der Waals surface area contributed by atoms with Crippen LogP contribution in [-0.4, -0.2) is 39.5 Å². The van der Waals surface area contributed by atoms with Crippen LogP contribution in [0.3, 0.4) is 0 Å². The Balaban J connectivity index is 1.31. The van der Waals surface area contributed by atoms with Gasteiger partial charge >= 0.3 is 0 Å². The summed E-state index contributed by atoms with van der Waals surface area (Å²) in [4.78, 5) is 35.9. The number of phenolic OH excluding ortho intramolecular Hbond substituents is 1. The molecule has 1 saturated heterocycles. The van der Waals surface area contributed by atoms with E-state index >= 15 is 0 Å². The quantitative estimate of drug-likeness (QED) is 0.546. The number of ketones is 1. The molecule has 180 valence electrons. The molecular weight excluding hydrogens is 454 g/mol. The maximum absolute atomic E-state index is 12.9. The van der Waals surface area contributed by atoms with E-state index in [1.165, 1.54) is 0 Å². The van der Waals surface area contributed by atoms with E-state index in [2.05, 4.69) is 5.32 Å². The fourth-order valence-electron chi connectivity index (χ4n) is 4.52. The zero-order valence-electron chi connectivity index (χ0n) is 19.8. The summed E-state index contributed by atoms with van der Waals surface area (Å²) in [5.74, 6) is 1.21. The third-order valence-electron chi connectivity index (χ3n) is 6.61. The van der Waals surface area contributed by atoms with Gasteiger partial charge in [-0.05, 0) is 75.8 Å². The largest absolute Gasteiger partial charge is 0.507 e. The summed E-state index contributed by atoms with van der Waals surface area (Å²) in [5, 5.41) is 11.9. The van der Waals surface area contributed by atoms with Crippen LogP contribution in [0.25, 0.3) is 0 Å². The van der Waals surface area contributed by atoms with Gasteiger partial charge in [-0.3, -0.25) is 19.7 Å². The molecule has 8 heteroatoms. The molecule has 0 aromatic heterocycles. The normalized spacial score (nSPS) is 21.8. The van der Waals surface area contributed by atoms with Crippen LogP contribution in [0.1, 0.15) is 58.8 Å². The smallest absolute Gasteiger partial charge is 0.286 e. The molecule has 2 amide bonds. The summed E-state index contributed by atoms with van der Waals surface area (Å²) < 4.78 is 12.2. The van der Waals surface area contributed by atoms with Crippen molar-refractivity contribution in [1.82, 2.24) is 5.32 Å². The molecule has 0 spiro atoms. The molecule has 0 bridgehead atoms. The number of hydrogen-bond acceptors (Lipinski definition) is 7. The summed E-state index contributed by atoms with van der Waals surface area (Å²) in [6.45, 7) is 7.87. The summed E-state index contributed by atoms with van der Waals surface area (Å²) in [7, 11) is 0. The molecule has 4 rings (SSSR count). The Bertz CT molecular complexity index is 1160. The molecule has 2 aromatic rings. The van der Waals surface area contributed by atoms with Crippen molar-refractivity contribution in [3.8, 4) is 17.2 Å². The molecule has 0 aliphatic carbocycles. The lowest BCUT2D eigenvalue weighted by Gasteiger charge is -2.37.